The number of hydrogen-bond acceptors (Lipinski definition) is 7. The van der Waals surface area contributed by atoms with Gasteiger partial charge in [-0.25, -0.2) is 18.4 Å². The van der Waals surface area contributed by atoms with Crippen LogP contribution in [0.1, 0.15) is 55.2 Å². The van der Waals surface area contributed by atoms with E-state index in [-0.39, 0.29) is 23.1 Å². The van der Waals surface area contributed by atoms with E-state index in [0.29, 0.717) is 35.5 Å². The highest BCUT2D eigenvalue weighted by molar-refractivity contribution is 7.89. The summed E-state index contributed by atoms with van der Waals surface area (Å²) in [7, 11) is -3.89. The number of unbranched alkanes of at least 4 members (excludes halogenated alkanes) is 1. The van der Waals surface area contributed by atoms with E-state index in [1.54, 1.807) is 84.8 Å². The molecular formula is C34H37N5O5S. The first-order valence-corrected chi connectivity index (χ1v) is 16.1. The minimum Gasteiger partial charge on any atom is -0.440 e. The Hall–Kier alpha value is -4.87. The largest absolute Gasteiger partial charge is 0.440 e. The Balaban J connectivity index is 1.41. The standard InChI is InChI=1S/C34H37N5O5S/c1-3-4-20-39(32(40)22-25-15-17-27(18-16-25)29-12-5-6-14-31(29)45(36,42)43)23-26-10-9-11-28(21-26)33(35)38-34(41)44-24(2)30-13-7-8-19-37-30/h5-19,21,24H,3-4,20,22-23H2,1-2H3,(H2,35,38,41)(H2,36,42,43). The molecular weight excluding hydrogens is 590 g/mol. The Labute approximate surface area is 263 Å². The lowest BCUT2D eigenvalue weighted by Crippen LogP contribution is -2.33. The summed E-state index contributed by atoms with van der Waals surface area (Å²) in [5.74, 6) is -0.183. The van der Waals surface area contributed by atoms with Crippen molar-refractivity contribution in [3.63, 3.8) is 0 Å². The van der Waals surface area contributed by atoms with Crippen LogP contribution in [0.3, 0.4) is 0 Å². The number of carbonyl (C=O) groups is 2. The molecule has 0 saturated carbocycles. The number of pyridine rings is 1. The molecule has 10 nitrogen and oxygen atoms in total. The molecule has 0 bridgehead atoms. The van der Waals surface area contributed by atoms with Gasteiger partial charge in [-0.05, 0) is 54.3 Å². The number of rotatable bonds is 12. The maximum Gasteiger partial charge on any atom is 0.413 e. The van der Waals surface area contributed by atoms with Crippen molar-refractivity contribution in [1.29, 1.82) is 5.41 Å². The van der Waals surface area contributed by atoms with Crippen LogP contribution in [0.25, 0.3) is 11.1 Å². The zero-order chi connectivity index (χ0) is 32.4. The van der Waals surface area contributed by atoms with E-state index in [4.69, 9.17) is 15.3 Å². The maximum absolute atomic E-state index is 13.5. The van der Waals surface area contributed by atoms with E-state index in [1.165, 1.54) is 6.07 Å². The van der Waals surface area contributed by atoms with Crippen LogP contribution < -0.4 is 10.5 Å². The van der Waals surface area contributed by atoms with Gasteiger partial charge in [-0.15, -0.1) is 0 Å². The summed E-state index contributed by atoms with van der Waals surface area (Å²) < 4.78 is 29.4. The molecule has 3 aromatic carbocycles. The highest BCUT2D eigenvalue weighted by Gasteiger charge is 2.18. The van der Waals surface area contributed by atoms with Gasteiger partial charge in [0.15, 0.2) is 0 Å². The number of carbonyl (C=O) groups excluding carboxylic acids is 2. The van der Waals surface area contributed by atoms with Crippen molar-refractivity contribution in [3.8, 4) is 11.1 Å². The van der Waals surface area contributed by atoms with Gasteiger partial charge < -0.3 is 9.64 Å². The molecule has 4 aromatic rings. The van der Waals surface area contributed by atoms with Gasteiger partial charge in [-0.3, -0.25) is 20.5 Å². The number of benzene rings is 3. The van der Waals surface area contributed by atoms with Crippen molar-refractivity contribution in [3.05, 3.63) is 120 Å². The molecule has 0 aliphatic rings. The summed E-state index contributed by atoms with van der Waals surface area (Å²) >= 11 is 0. The predicted octanol–water partition coefficient (Wildman–Crippen LogP) is 5.58. The van der Waals surface area contributed by atoms with Crippen LogP contribution >= 0.6 is 0 Å². The van der Waals surface area contributed by atoms with E-state index in [9.17, 15) is 18.0 Å². The average molecular weight is 628 g/mol. The molecule has 0 radical (unpaired) electrons. The van der Waals surface area contributed by atoms with Crippen LogP contribution in [0.5, 0.6) is 0 Å². The predicted molar refractivity (Wildman–Crippen MR) is 173 cm³/mol. The molecule has 0 aliphatic carbocycles. The zero-order valence-corrected chi connectivity index (χ0v) is 26.1. The lowest BCUT2D eigenvalue weighted by Gasteiger charge is -2.23. The van der Waals surface area contributed by atoms with E-state index in [1.807, 2.05) is 18.2 Å². The highest BCUT2D eigenvalue weighted by atomic mass is 32.2. The number of aromatic nitrogens is 1. The molecule has 2 amide bonds. The van der Waals surface area contributed by atoms with Crippen molar-refractivity contribution < 1.29 is 22.7 Å². The number of ether oxygens (including phenoxy) is 1. The number of nitrogens with one attached hydrogen (secondary N) is 2. The van der Waals surface area contributed by atoms with Gasteiger partial charge in [0, 0.05) is 30.4 Å². The number of amides is 2. The third-order valence-corrected chi connectivity index (χ3v) is 8.12. The van der Waals surface area contributed by atoms with E-state index < -0.39 is 22.2 Å². The van der Waals surface area contributed by atoms with E-state index in [0.717, 1.165) is 24.0 Å². The van der Waals surface area contributed by atoms with Gasteiger partial charge in [-0.1, -0.05) is 80.1 Å². The quantitative estimate of drug-likeness (QED) is 0.138. The molecule has 0 aliphatic heterocycles. The van der Waals surface area contributed by atoms with Gasteiger partial charge in [-0.2, -0.15) is 0 Å². The van der Waals surface area contributed by atoms with Crippen LogP contribution in [-0.2, 0) is 32.5 Å². The topological polar surface area (TPSA) is 156 Å². The van der Waals surface area contributed by atoms with Crippen LogP contribution in [0.2, 0.25) is 0 Å². The number of sulfonamides is 1. The van der Waals surface area contributed by atoms with E-state index in [2.05, 4.69) is 17.2 Å². The lowest BCUT2D eigenvalue weighted by atomic mass is 10.0. The summed E-state index contributed by atoms with van der Waals surface area (Å²) in [6, 6.07) is 26.2. The fraction of sp³-hybridized carbons (Fsp3) is 0.235. The number of nitrogens with two attached hydrogens (primary N) is 1. The number of primary sulfonamides is 1. The summed E-state index contributed by atoms with van der Waals surface area (Å²) in [5.41, 5.74) is 3.86. The molecule has 0 fully saturated rings. The fourth-order valence-corrected chi connectivity index (χ4v) is 5.53. The van der Waals surface area contributed by atoms with Crippen molar-refractivity contribution in [2.24, 2.45) is 5.14 Å². The molecule has 45 heavy (non-hydrogen) atoms. The Bertz CT molecular complexity index is 1740. The monoisotopic (exact) mass is 627 g/mol. The van der Waals surface area contributed by atoms with Crippen LogP contribution in [0, 0.1) is 5.41 Å². The first-order valence-electron chi connectivity index (χ1n) is 14.6. The van der Waals surface area contributed by atoms with Crippen LogP contribution in [-0.4, -0.2) is 42.7 Å². The highest BCUT2D eigenvalue weighted by Crippen LogP contribution is 2.27. The second-order valence-electron chi connectivity index (χ2n) is 10.6. The fourth-order valence-electron chi connectivity index (χ4n) is 4.77. The van der Waals surface area contributed by atoms with E-state index >= 15 is 0 Å². The molecule has 0 saturated heterocycles. The van der Waals surface area contributed by atoms with Gasteiger partial charge in [0.1, 0.15) is 11.9 Å². The summed E-state index contributed by atoms with van der Waals surface area (Å²) in [6.07, 6.45) is 2.17. The first-order chi connectivity index (χ1) is 21.5. The second-order valence-corrected chi connectivity index (χ2v) is 12.1. The van der Waals surface area contributed by atoms with Crippen molar-refractivity contribution in [1.82, 2.24) is 15.2 Å². The molecule has 4 rings (SSSR count). The minimum atomic E-state index is -3.89. The van der Waals surface area contributed by atoms with Gasteiger partial charge >= 0.3 is 6.09 Å². The third-order valence-electron chi connectivity index (χ3n) is 7.15. The van der Waals surface area contributed by atoms with Gasteiger partial charge in [0.25, 0.3) is 0 Å². The van der Waals surface area contributed by atoms with Crippen molar-refractivity contribution >= 4 is 27.9 Å². The van der Waals surface area contributed by atoms with Gasteiger partial charge in [0.05, 0.1) is 17.0 Å². The Kier molecular flexibility index (Phi) is 11.2. The number of hydrogen-bond donors (Lipinski definition) is 3. The Morgan fingerprint density at radius 2 is 1.71 bits per heavy atom. The zero-order valence-electron chi connectivity index (χ0n) is 25.3. The Morgan fingerprint density at radius 3 is 2.40 bits per heavy atom. The molecule has 1 heterocycles. The molecule has 4 N–H and O–H groups in total. The smallest absolute Gasteiger partial charge is 0.413 e. The van der Waals surface area contributed by atoms with Crippen LogP contribution in [0.4, 0.5) is 4.79 Å². The number of nitrogens with zero attached hydrogens (tertiary/aromatic N) is 2. The summed E-state index contributed by atoms with van der Waals surface area (Å²) in [6.45, 7) is 4.66. The number of amidine groups is 1. The SMILES string of the molecule is CCCCN(Cc1cccc(C(=N)NC(=O)OC(C)c2ccccn2)c1)C(=O)Cc1ccc(-c2ccccc2S(N)(=O)=O)cc1. The molecule has 1 atom stereocenters. The first kappa shape index (κ1) is 33.0. The molecule has 1 aromatic heterocycles. The second kappa shape index (κ2) is 15.2. The Morgan fingerprint density at radius 1 is 0.978 bits per heavy atom. The van der Waals surface area contributed by atoms with Gasteiger partial charge in [0.2, 0.25) is 15.9 Å². The number of alkyl carbamates (subject to hydrolysis) is 1. The lowest BCUT2D eigenvalue weighted by molar-refractivity contribution is -0.131. The molecule has 0 spiro atoms. The average Bonchev–Trinajstić information content (AvgIpc) is 3.03. The molecule has 234 valence electrons. The summed E-state index contributed by atoms with van der Waals surface area (Å²) in [5, 5.41) is 16.3. The third kappa shape index (κ3) is 9.31. The van der Waals surface area contributed by atoms with Crippen molar-refractivity contribution in [2.45, 2.75) is 50.7 Å². The molecule has 11 heteroatoms. The van der Waals surface area contributed by atoms with Crippen molar-refractivity contribution in [2.75, 3.05) is 6.54 Å². The maximum atomic E-state index is 13.5. The van der Waals surface area contributed by atoms with Crippen LogP contribution in [0.15, 0.2) is 102 Å². The summed E-state index contributed by atoms with van der Waals surface area (Å²) in [4.78, 5) is 31.9. The molecule has 1 unspecified atom stereocenters. The normalized spacial score (nSPS) is 11.8. The minimum absolute atomic E-state index is 0.0426.